The molecule has 3 rings (SSSR count). The summed E-state index contributed by atoms with van der Waals surface area (Å²) in [7, 11) is 0. The summed E-state index contributed by atoms with van der Waals surface area (Å²) in [6, 6.07) is 1.68. The average molecular weight is 264 g/mol. The lowest BCUT2D eigenvalue weighted by Crippen LogP contribution is -2.56. The van der Waals surface area contributed by atoms with E-state index in [1.807, 2.05) is 0 Å². The van der Waals surface area contributed by atoms with E-state index in [0.717, 1.165) is 29.8 Å². The van der Waals surface area contributed by atoms with E-state index in [1.165, 1.54) is 64.6 Å². The summed E-state index contributed by atoms with van der Waals surface area (Å²) < 4.78 is 0. The molecule has 0 aromatic heterocycles. The van der Waals surface area contributed by atoms with Crippen LogP contribution in [0.5, 0.6) is 0 Å². The van der Waals surface area contributed by atoms with Crippen molar-refractivity contribution in [2.45, 2.75) is 70.9 Å². The second kappa shape index (κ2) is 6.13. The topological polar surface area (TPSA) is 15.3 Å². The summed E-state index contributed by atoms with van der Waals surface area (Å²) >= 11 is 0. The van der Waals surface area contributed by atoms with Crippen LogP contribution in [0, 0.1) is 17.8 Å². The molecule has 1 aliphatic heterocycles. The van der Waals surface area contributed by atoms with Gasteiger partial charge in [-0.15, -0.1) is 0 Å². The molecule has 4 atom stereocenters. The minimum Gasteiger partial charge on any atom is -0.313 e. The number of piperidine rings is 1. The standard InChI is InChI=1S/C17H32N2/c1-3-8-18-16-10-15(9-14-5-6-14)11-19(12-16)17-7-4-13(17)2/h13-18H,3-12H2,1-2H3. The van der Waals surface area contributed by atoms with E-state index >= 15 is 0 Å². The number of nitrogens with zero attached hydrogens (tertiary/aromatic N) is 1. The second-order valence-electron chi connectivity index (χ2n) is 7.51. The zero-order chi connectivity index (χ0) is 13.2. The summed E-state index contributed by atoms with van der Waals surface area (Å²) in [6.07, 6.45) is 10.2. The normalized spacial score (nSPS) is 40.1. The summed E-state index contributed by atoms with van der Waals surface area (Å²) in [5.74, 6) is 3.02. The third kappa shape index (κ3) is 3.52. The van der Waals surface area contributed by atoms with Crippen LogP contribution >= 0.6 is 0 Å². The van der Waals surface area contributed by atoms with Crippen LogP contribution in [0.4, 0.5) is 0 Å². The van der Waals surface area contributed by atoms with Crippen molar-refractivity contribution in [2.75, 3.05) is 19.6 Å². The van der Waals surface area contributed by atoms with E-state index in [2.05, 4.69) is 24.1 Å². The van der Waals surface area contributed by atoms with Gasteiger partial charge in [0.1, 0.15) is 0 Å². The second-order valence-corrected chi connectivity index (χ2v) is 7.51. The molecule has 4 unspecified atom stereocenters. The van der Waals surface area contributed by atoms with Crippen LogP contribution < -0.4 is 5.32 Å². The third-order valence-corrected chi connectivity index (χ3v) is 5.66. The van der Waals surface area contributed by atoms with Crippen LogP contribution in [0.2, 0.25) is 0 Å². The van der Waals surface area contributed by atoms with Crippen LogP contribution in [-0.4, -0.2) is 36.6 Å². The highest BCUT2D eigenvalue weighted by Crippen LogP contribution is 2.40. The minimum absolute atomic E-state index is 0.769. The van der Waals surface area contributed by atoms with Gasteiger partial charge in [-0.05, 0) is 56.4 Å². The molecule has 2 heteroatoms. The van der Waals surface area contributed by atoms with Gasteiger partial charge in [0.25, 0.3) is 0 Å². The number of hydrogen-bond donors (Lipinski definition) is 1. The Balaban J connectivity index is 1.55. The fourth-order valence-electron chi connectivity index (χ4n) is 4.20. The molecule has 0 spiro atoms. The largest absolute Gasteiger partial charge is 0.313 e. The highest BCUT2D eigenvalue weighted by molar-refractivity contribution is 4.94. The van der Waals surface area contributed by atoms with Crippen molar-refractivity contribution in [3.05, 3.63) is 0 Å². The Kier molecular flexibility index (Phi) is 4.48. The number of hydrogen-bond acceptors (Lipinski definition) is 2. The first kappa shape index (κ1) is 13.9. The first-order chi connectivity index (χ1) is 9.26. The lowest BCUT2D eigenvalue weighted by atomic mass is 9.77. The van der Waals surface area contributed by atoms with E-state index in [4.69, 9.17) is 0 Å². The first-order valence-electron chi connectivity index (χ1n) is 8.73. The van der Waals surface area contributed by atoms with E-state index in [9.17, 15) is 0 Å². The maximum Gasteiger partial charge on any atom is 0.0198 e. The highest BCUT2D eigenvalue weighted by atomic mass is 15.2. The Morgan fingerprint density at radius 1 is 1.05 bits per heavy atom. The number of likely N-dealkylation sites (tertiary alicyclic amines) is 1. The summed E-state index contributed by atoms with van der Waals surface area (Å²) in [5.41, 5.74) is 0. The van der Waals surface area contributed by atoms with Crippen molar-refractivity contribution in [3.63, 3.8) is 0 Å². The Hall–Kier alpha value is -0.0800. The number of nitrogens with one attached hydrogen (secondary N) is 1. The fourth-order valence-corrected chi connectivity index (χ4v) is 4.20. The molecule has 19 heavy (non-hydrogen) atoms. The number of rotatable bonds is 6. The monoisotopic (exact) mass is 264 g/mol. The smallest absolute Gasteiger partial charge is 0.0198 e. The fraction of sp³-hybridized carbons (Fsp3) is 1.00. The predicted molar refractivity (Wildman–Crippen MR) is 81.3 cm³/mol. The molecule has 110 valence electrons. The van der Waals surface area contributed by atoms with Gasteiger partial charge in [-0.2, -0.15) is 0 Å². The highest BCUT2D eigenvalue weighted by Gasteiger charge is 2.38. The minimum atomic E-state index is 0.769. The zero-order valence-electron chi connectivity index (χ0n) is 12.9. The van der Waals surface area contributed by atoms with Gasteiger partial charge in [-0.3, -0.25) is 4.90 Å². The SMILES string of the molecule is CCCNC1CC(CC2CC2)CN(C2CCC2C)C1. The van der Waals surface area contributed by atoms with Gasteiger partial charge in [0.15, 0.2) is 0 Å². The van der Waals surface area contributed by atoms with Crippen molar-refractivity contribution in [1.82, 2.24) is 10.2 Å². The van der Waals surface area contributed by atoms with Crippen molar-refractivity contribution in [3.8, 4) is 0 Å². The van der Waals surface area contributed by atoms with Gasteiger partial charge >= 0.3 is 0 Å². The molecule has 0 aromatic carbocycles. The van der Waals surface area contributed by atoms with Gasteiger partial charge in [0.2, 0.25) is 0 Å². The first-order valence-corrected chi connectivity index (χ1v) is 8.73. The Labute approximate surface area is 119 Å². The van der Waals surface area contributed by atoms with Crippen LogP contribution in [0.25, 0.3) is 0 Å². The Morgan fingerprint density at radius 2 is 1.89 bits per heavy atom. The lowest BCUT2D eigenvalue weighted by Gasteiger charge is -2.48. The third-order valence-electron chi connectivity index (χ3n) is 5.66. The molecule has 2 saturated carbocycles. The molecule has 0 aromatic rings. The van der Waals surface area contributed by atoms with Crippen molar-refractivity contribution < 1.29 is 0 Å². The van der Waals surface area contributed by atoms with Crippen molar-refractivity contribution in [2.24, 2.45) is 17.8 Å². The maximum atomic E-state index is 3.80. The van der Waals surface area contributed by atoms with Gasteiger partial charge in [0, 0.05) is 25.2 Å². The van der Waals surface area contributed by atoms with Gasteiger partial charge in [-0.25, -0.2) is 0 Å². The molecular weight excluding hydrogens is 232 g/mol. The molecule has 1 N–H and O–H groups in total. The Bertz CT molecular complexity index is 287. The molecule has 3 aliphatic rings. The predicted octanol–water partition coefficient (Wildman–Crippen LogP) is 3.28. The molecule has 1 heterocycles. The summed E-state index contributed by atoms with van der Waals surface area (Å²) in [4.78, 5) is 2.85. The molecule has 2 nitrogen and oxygen atoms in total. The van der Waals surface area contributed by atoms with E-state index in [0.29, 0.717) is 0 Å². The molecule has 1 saturated heterocycles. The van der Waals surface area contributed by atoms with Gasteiger partial charge < -0.3 is 5.32 Å². The summed E-state index contributed by atoms with van der Waals surface area (Å²) in [5, 5.41) is 3.80. The Morgan fingerprint density at radius 3 is 2.47 bits per heavy atom. The van der Waals surface area contributed by atoms with E-state index in [-0.39, 0.29) is 0 Å². The summed E-state index contributed by atoms with van der Waals surface area (Å²) in [6.45, 7) is 8.65. The zero-order valence-corrected chi connectivity index (χ0v) is 12.9. The van der Waals surface area contributed by atoms with Crippen LogP contribution in [0.1, 0.15) is 58.8 Å². The van der Waals surface area contributed by atoms with Gasteiger partial charge in [0.05, 0.1) is 0 Å². The van der Waals surface area contributed by atoms with E-state index in [1.54, 1.807) is 0 Å². The molecular formula is C17H32N2. The molecule has 3 fully saturated rings. The quantitative estimate of drug-likeness (QED) is 0.792. The lowest BCUT2D eigenvalue weighted by molar-refractivity contribution is 0.0202. The average Bonchev–Trinajstić information content (AvgIpc) is 3.18. The molecule has 2 aliphatic carbocycles. The van der Waals surface area contributed by atoms with Gasteiger partial charge in [-0.1, -0.05) is 26.7 Å². The van der Waals surface area contributed by atoms with Crippen LogP contribution in [-0.2, 0) is 0 Å². The van der Waals surface area contributed by atoms with Crippen molar-refractivity contribution >= 4 is 0 Å². The molecule has 0 bridgehead atoms. The van der Waals surface area contributed by atoms with E-state index < -0.39 is 0 Å². The van der Waals surface area contributed by atoms with Crippen LogP contribution in [0.3, 0.4) is 0 Å². The molecule has 0 radical (unpaired) electrons. The maximum absolute atomic E-state index is 3.80. The molecule has 0 amide bonds. The van der Waals surface area contributed by atoms with Crippen molar-refractivity contribution in [1.29, 1.82) is 0 Å². The van der Waals surface area contributed by atoms with Crippen LogP contribution in [0.15, 0.2) is 0 Å².